The van der Waals surface area contributed by atoms with Gasteiger partial charge in [0.05, 0.1) is 13.5 Å². The van der Waals surface area contributed by atoms with Gasteiger partial charge in [-0.25, -0.2) is 0 Å². The summed E-state index contributed by atoms with van der Waals surface area (Å²) in [7, 11) is 1.44. The highest BCUT2D eigenvalue weighted by Crippen LogP contribution is 2.42. The highest BCUT2D eigenvalue weighted by atomic mass is 16.6. The van der Waals surface area contributed by atoms with Crippen LogP contribution in [0.25, 0.3) is 0 Å². The van der Waals surface area contributed by atoms with Crippen molar-refractivity contribution >= 4 is 5.97 Å². The zero-order valence-corrected chi connectivity index (χ0v) is 14.6. The van der Waals surface area contributed by atoms with E-state index in [-0.39, 0.29) is 5.97 Å². The van der Waals surface area contributed by atoms with Gasteiger partial charge in [-0.05, 0) is 19.3 Å². The number of carbonyl (C=O) groups is 1. The lowest BCUT2D eigenvalue weighted by molar-refractivity contribution is -0.140. The Morgan fingerprint density at radius 2 is 1.39 bits per heavy atom. The summed E-state index contributed by atoms with van der Waals surface area (Å²) in [4.78, 5) is 11.0. The first-order valence-corrected chi connectivity index (χ1v) is 9.11. The zero-order chi connectivity index (χ0) is 16.5. The summed E-state index contributed by atoms with van der Waals surface area (Å²) in [5, 5.41) is 0. The first-order chi connectivity index (χ1) is 11.2. The molecule has 0 saturated heterocycles. The van der Waals surface area contributed by atoms with Crippen LogP contribution in [0.2, 0.25) is 0 Å². The molecular formula is C19H30O4. The van der Waals surface area contributed by atoms with Gasteiger partial charge >= 0.3 is 5.97 Å². The van der Waals surface area contributed by atoms with E-state index in [0.29, 0.717) is 6.42 Å². The topological polar surface area (TPSA) is 51.4 Å². The SMILES string of the molecule is CCCCCC1=C(CC2=C(CCCCCCCC(=O)OC)O2)O1. The molecule has 0 spiro atoms. The van der Waals surface area contributed by atoms with Crippen LogP contribution in [0.5, 0.6) is 0 Å². The first-order valence-electron chi connectivity index (χ1n) is 9.11. The summed E-state index contributed by atoms with van der Waals surface area (Å²) in [5.74, 6) is 4.56. The Morgan fingerprint density at radius 1 is 0.826 bits per heavy atom. The Morgan fingerprint density at radius 3 is 2.00 bits per heavy atom. The molecule has 4 heteroatoms. The smallest absolute Gasteiger partial charge is 0.305 e. The number of esters is 1. The van der Waals surface area contributed by atoms with Crippen LogP contribution in [0.3, 0.4) is 0 Å². The second kappa shape index (κ2) is 9.64. The van der Waals surface area contributed by atoms with Gasteiger partial charge in [0, 0.05) is 19.3 Å². The minimum Gasteiger partial charge on any atom is -0.469 e. The molecule has 2 aliphatic rings. The third-order valence-corrected chi connectivity index (χ3v) is 4.37. The number of rotatable bonds is 14. The predicted molar refractivity (Wildman–Crippen MR) is 89.3 cm³/mol. The molecule has 0 unspecified atom stereocenters. The average Bonchev–Trinajstić information content (AvgIpc) is 3.46. The quantitative estimate of drug-likeness (QED) is 0.320. The number of unbranched alkanes of at least 4 members (excludes halogenated alkanes) is 6. The number of hydrogen-bond donors (Lipinski definition) is 0. The molecule has 130 valence electrons. The Labute approximate surface area is 139 Å². The molecule has 2 heterocycles. The number of hydrogen-bond acceptors (Lipinski definition) is 4. The van der Waals surface area contributed by atoms with E-state index >= 15 is 0 Å². The lowest BCUT2D eigenvalue weighted by Gasteiger charge is -1.99. The standard InChI is InChI=1S/C19H30O4/c1-3-4-8-11-15-17(22-15)14-18-16(23-18)12-9-6-5-7-10-13-19(20)21-2/h3-14H2,1-2H3. The van der Waals surface area contributed by atoms with E-state index in [4.69, 9.17) is 9.47 Å². The monoisotopic (exact) mass is 322 g/mol. The fourth-order valence-corrected chi connectivity index (χ4v) is 2.77. The van der Waals surface area contributed by atoms with Crippen LogP contribution in [0.15, 0.2) is 23.0 Å². The van der Waals surface area contributed by atoms with Crippen molar-refractivity contribution in [2.75, 3.05) is 7.11 Å². The Balaban J connectivity index is 1.45. The molecule has 0 fully saturated rings. The molecule has 23 heavy (non-hydrogen) atoms. The fourth-order valence-electron chi connectivity index (χ4n) is 2.77. The molecule has 0 atom stereocenters. The van der Waals surface area contributed by atoms with Crippen molar-refractivity contribution in [3.63, 3.8) is 0 Å². The number of ether oxygens (including phenoxy) is 3. The van der Waals surface area contributed by atoms with E-state index in [0.717, 1.165) is 43.6 Å². The average molecular weight is 322 g/mol. The van der Waals surface area contributed by atoms with Crippen LogP contribution in [-0.4, -0.2) is 13.1 Å². The minimum absolute atomic E-state index is 0.100. The van der Waals surface area contributed by atoms with Gasteiger partial charge < -0.3 is 14.2 Å². The highest BCUT2D eigenvalue weighted by Gasteiger charge is 2.32. The highest BCUT2D eigenvalue weighted by molar-refractivity contribution is 5.68. The molecule has 0 bridgehead atoms. The maximum Gasteiger partial charge on any atom is 0.305 e. The van der Waals surface area contributed by atoms with E-state index in [1.54, 1.807) is 0 Å². The first kappa shape index (κ1) is 17.9. The number of allylic oxidation sites excluding steroid dienone is 2. The molecule has 0 radical (unpaired) electrons. The molecule has 0 aromatic heterocycles. The molecule has 0 aromatic rings. The Hall–Kier alpha value is -1.45. The third-order valence-electron chi connectivity index (χ3n) is 4.37. The summed E-state index contributed by atoms with van der Waals surface area (Å²) in [6.45, 7) is 2.22. The van der Waals surface area contributed by atoms with Crippen molar-refractivity contribution in [2.24, 2.45) is 0 Å². The molecule has 0 aliphatic carbocycles. The second-order valence-corrected chi connectivity index (χ2v) is 6.37. The molecule has 0 aromatic carbocycles. The van der Waals surface area contributed by atoms with E-state index in [1.165, 1.54) is 57.2 Å². The molecule has 4 nitrogen and oxygen atoms in total. The van der Waals surface area contributed by atoms with Gasteiger partial charge in [0.2, 0.25) is 0 Å². The van der Waals surface area contributed by atoms with Crippen molar-refractivity contribution < 1.29 is 19.0 Å². The van der Waals surface area contributed by atoms with Crippen LogP contribution in [-0.2, 0) is 19.0 Å². The van der Waals surface area contributed by atoms with Gasteiger partial charge in [-0.3, -0.25) is 4.79 Å². The third kappa shape index (κ3) is 7.10. The minimum atomic E-state index is -0.100. The van der Waals surface area contributed by atoms with Crippen LogP contribution < -0.4 is 0 Å². The largest absolute Gasteiger partial charge is 0.469 e. The Kier molecular flexibility index (Phi) is 7.50. The van der Waals surface area contributed by atoms with Crippen LogP contribution in [0.4, 0.5) is 0 Å². The molecule has 2 aliphatic heterocycles. The van der Waals surface area contributed by atoms with E-state index in [1.807, 2.05) is 0 Å². The molecule has 2 rings (SSSR count). The summed E-state index contributed by atoms with van der Waals surface area (Å²) in [6, 6.07) is 0. The van der Waals surface area contributed by atoms with Gasteiger partial charge in [-0.1, -0.05) is 39.0 Å². The van der Waals surface area contributed by atoms with Crippen LogP contribution in [0, 0.1) is 0 Å². The van der Waals surface area contributed by atoms with Gasteiger partial charge in [-0.15, -0.1) is 0 Å². The van der Waals surface area contributed by atoms with Crippen molar-refractivity contribution in [1.82, 2.24) is 0 Å². The maximum absolute atomic E-state index is 11.0. The summed E-state index contributed by atoms with van der Waals surface area (Å²) < 4.78 is 15.7. The number of methoxy groups -OCH3 is 1. The maximum atomic E-state index is 11.0. The summed E-state index contributed by atoms with van der Waals surface area (Å²) in [6.07, 6.45) is 12.9. The van der Waals surface area contributed by atoms with Crippen molar-refractivity contribution in [1.29, 1.82) is 0 Å². The second-order valence-electron chi connectivity index (χ2n) is 6.37. The van der Waals surface area contributed by atoms with Crippen LogP contribution in [0.1, 0.15) is 84.0 Å². The zero-order valence-electron chi connectivity index (χ0n) is 14.6. The summed E-state index contributed by atoms with van der Waals surface area (Å²) >= 11 is 0. The van der Waals surface area contributed by atoms with E-state index < -0.39 is 0 Å². The van der Waals surface area contributed by atoms with E-state index in [2.05, 4.69) is 11.7 Å². The number of carbonyl (C=O) groups excluding carboxylic acids is 1. The molecule has 0 N–H and O–H groups in total. The normalized spacial score (nSPS) is 15.4. The lowest BCUT2D eigenvalue weighted by Crippen LogP contribution is -1.99. The van der Waals surface area contributed by atoms with Crippen LogP contribution >= 0.6 is 0 Å². The van der Waals surface area contributed by atoms with Gasteiger partial charge in [-0.2, -0.15) is 0 Å². The molecule has 0 amide bonds. The van der Waals surface area contributed by atoms with Gasteiger partial charge in [0.1, 0.15) is 23.0 Å². The molecular weight excluding hydrogens is 292 g/mol. The fraction of sp³-hybridized carbons (Fsp3) is 0.737. The van der Waals surface area contributed by atoms with Crippen molar-refractivity contribution in [2.45, 2.75) is 84.0 Å². The van der Waals surface area contributed by atoms with Crippen molar-refractivity contribution in [3.8, 4) is 0 Å². The summed E-state index contributed by atoms with van der Waals surface area (Å²) in [5.41, 5.74) is 0. The lowest BCUT2D eigenvalue weighted by atomic mass is 10.1. The van der Waals surface area contributed by atoms with Gasteiger partial charge in [0.25, 0.3) is 0 Å². The Bertz CT molecular complexity index is 462. The molecule has 0 saturated carbocycles. The predicted octanol–water partition coefficient (Wildman–Crippen LogP) is 5.34. The van der Waals surface area contributed by atoms with Gasteiger partial charge in [0.15, 0.2) is 0 Å². The van der Waals surface area contributed by atoms with Crippen molar-refractivity contribution in [3.05, 3.63) is 23.0 Å². The van der Waals surface area contributed by atoms with E-state index in [9.17, 15) is 4.79 Å².